The zero-order valence-corrected chi connectivity index (χ0v) is 10.5. The highest BCUT2D eigenvalue weighted by Crippen LogP contribution is 2.26. The van der Waals surface area contributed by atoms with Gasteiger partial charge >= 0.3 is 5.97 Å². The molecule has 2 heterocycles. The smallest absolute Gasteiger partial charge is 0.336 e. The zero-order chi connectivity index (χ0) is 14.1. The van der Waals surface area contributed by atoms with E-state index in [0.29, 0.717) is 17.1 Å². The van der Waals surface area contributed by atoms with Gasteiger partial charge in [0.25, 0.3) is 5.89 Å². The Balaban J connectivity index is 2.07. The molecule has 0 bridgehead atoms. The highest BCUT2D eigenvalue weighted by Gasteiger charge is 2.19. The molecule has 0 aliphatic rings. The van der Waals surface area contributed by atoms with Gasteiger partial charge in [0, 0.05) is 0 Å². The molecular weight excluding hydrogens is 260 g/mol. The molecule has 0 aliphatic carbocycles. The summed E-state index contributed by atoms with van der Waals surface area (Å²) in [7, 11) is 0. The molecule has 6 heteroatoms. The molecule has 0 aliphatic heterocycles. The number of benzene rings is 1. The van der Waals surface area contributed by atoms with E-state index in [0.717, 1.165) is 5.56 Å². The number of nitrogens with zero attached hydrogens (tertiary/aromatic N) is 2. The van der Waals surface area contributed by atoms with Crippen molar-refractivity contribution in [3.05, 3.63) is 47.7 Å². The molecule has 6 nitrogen and oxygen atoms in total. The summed E-state index contributed by atoms with van der Waals surface area (Å²) in [6.07, 6.45) is 1.53. The fourth-order valence-corrected chi connectivity index (χ4v) is 1.88. The van der Waals surface area contributed by atoms with Crippen LogP contribution >= 0.6 is 0 Å². The number of aromatic nitrogens is 2. The highest BCUT2D eigenvalue weighted by molar-refractivity contribution is 5.94. The van der Waals surface area contributed by atoms with Crippen LogP contribution in [0.15, 0.2) is 45.5 Å². The lowest BCUT2D eigenvalue weighted by Gasteiger charge is -1.99. The molecule has 2 aromatic heterocycles. The summed E-state index contributed by atoms with van der Waals surface area (Å²) in [6, 6.07) is 8.25. The summed E-state index contributed by atoms with van der Waals surface area (Å²) >= 11 is 0. The Morgan fingerprint density at radius 2 is 2.05 bits per heavy atom. The monoisotopic (exact) mass is 270 g/mol. The average molecular weight is 270 g/mol. The number of aryl methyl sites for hydroxylation is 1. The molecule has 0 radical (unpaired) electrons. The summed E-state index contributed by atoms with van der Waals surface area (Å²) in [5, 5.41) is 13.0. The first-order valence-corrected chi connectivity index (χ1v) is 5.87. The highest BCUT2D eigenvalue weighted by atomic mass is 16.5. The molecule has 1 N–H and O–H groups in total. The number of carboxylic acid groups (broad SMARTS) is 1. The van der Waals surface area contributed by atoms with E-state index in [4.69, 9.17) is 14.0 Å². The van der Waals surface area contributed by atoms with Crippen molar-refractivity contribution in [3.8, 4) is 23.0 Å². The molecule has 0 saturated carbocycles. The molecule has 0 fully saturated rings. The molecule has 0 unspecified atom stereocenters. The van der Waals surface area contributed by atoms with Crippen molar-refractivity contribution in [1.29, 1.82) is 0 Å². The summed E-state index contributed by atoms with van der Waals surface area (Å²) in [5.41, 5.74) is 1.37. The minimum absolute atomic E-state index is 0.110. The van der Waals surface area contributed by atoms with Crippen molar-refractivity contribution >= 4 is 5.97 Å². The van der Waals surface area contributed by atoms with Crippen molar-refractivity contribution in [2.45, 2.75) is 6.92 Å². The number of aromatic carboxylic acids is 1. The Morgan fingerprint density at radius 1 is 1.25 bits per heavy atom. The largest absolute Gasteiger partial charge is 0.478 e. The van der Waals surface area contributed by atoms with Gasteiger partial charge in [0.2, 0.25) is 5.82 Å². The summed E-state index contributed by atoms with van der Waals surface area (Å²) in [5.74, 6) is -0.0983. The molecular formula is C14H10N2O4. The van der Waals surface area contributed by atoms with Gasteiger partial charge in [-0.1, -0.05) is 17.3 Å². The summed E-state index contributed by atoms with van der Waals surface area (Å²) in [6.45, 7) is 1.86. The molecule has 0 spiro atoms. The quantitative estimate of drug-likeness (QED) is 0.786. The third-order valence-electron chi connectivity index (χ3n) is 2.88. The van der Waals surface area contributed by atoms with Crippen molar-refractivity contribution in [1.82, 2.24) is 10.1 Å². The second-order valence-electron chi connectivity index (χ2n) is 4.21. The van der Waals surface area contributed by atoms with Crippen LogP contribution in [0.4, 0.5) is 0 Å². The Morgan fingerprint density at radius 3 is 2.75 bits per heavy atom. The predicted molar refractivity (Wildman–Crippen MR) is 69.1 cm³/mol. The lowest BCUT2D eigenvalue weighted by Crippen LogP contribution is -1.99. The van der Waals surface area contributed by atoms with Gasteiger partial charge in [-0.3, -0.25) is 0 Å². The predicted octanol–water partition coefficient (Wildman–Crippen LogP) is 3.00. The number of carboxylic acids is 1. The van der Waals surface area contributed by atoms with Crippen LogP contribution < -0.4 is 0 Å². The number of hydrogen-bond donors (Lipinski definition) is 1. The van der Waals surface area contributed by atoms with Crippen LogP contribution in [-0.4, -0.2) is 21.2 Å². The molecule has 0 atom stereocenters. The molecule has 1 aromatic carbocycles. The van der Waals surface area contributed by atoms with E-state index in [-0.39, 0.29) is 11.5 Å². The normalized spacial score (nSPS) is 10.7. The van der Waals surface area contributed by atoms with Crippen molar-refractivity contribution in [2.24, 2.45) is 0 Å². The fourth-order valence-electron chi connectivity index (χ4n) is 1.88. The van der Waals surface area contributed by atoms with E-state index in [9.17, 15) is 4.79 Å². The Hall–Kier alpha value is -2.89. The Labute approximate surface area is 113 Å². The second-order valence-corrected chi connectivity index (χ2v) is 4.21. The van der Waals surface area contributed by atoms with Crippen LogP contribution in [0.2, 0.25) is 0 Å². The van der Waals surface area contributed by atoms with Crippen LogP contribution in [0, 0.1) is 6.92 Å². The van der Waals surface area contributed by atoms with Gasteiger partial charge in [-0.25, -0.2) is 4.79 Å². The van der Waals surface area contributed by atoms with Gasteiger partial charge in [0.15, 0.2) is 5.76 Å². The lowest BCUT2D eigenvalue weighted by atomic mass is 10.1. The maximum absolute atomic E-state index is 11.2. The van der Waals surface area contributed by atoms with Crippen molar-refractivity contribution in [3.63, 3.8) is 0 Å². The van der Waals surface area contributed by atoms with Crippen LogP contribution in [0.25, 0.3) is 23.0 Å². The summed E-state index contributed by atoms with van der Waals surface area (Å²) < 4.78 is 10.4. The van der Waals surface area contributed by atoms with Gasteiger partial charge in [0.05, 0.1) is 17.4 Å². The maximum Gasteiger partial charge on any atom is 0.336 e. The van der Waals surface area contributed by atoms with Gasteiger partial charge in [-0.2, -0.15) is 4.98 Å². The van der Waals surface area contributed by atoms with E-state index < -0.39 is 5.97 Å². The first kappa shape index (κ1) is 12.2. The first-order chi connectivity index (χ1) is 9.66. The van der Waals surface area contributed by atoms with Crippen molar-refractivity contribution in [2.75, 3.05) is 0 Å². The van der Waals surface area contributed by atoms with E-state index in [1.807, 2.05) is 6.92 Å². The number of hydrogen-bond acceptors (Lipinski definition) is 5. The van der Waals surface area contributed by atoms with Crippen LogP contribution in [0.1, 0.15) is 15.9 Å². The van der Waals surface area contributed by atoms with Crippen LogP contribution in [0.3, 0.4) is 0 Å². The van der Waals surface area contributed by atoms with Crippen LogP contribution in [-0.2, 0) is 0 Å². The van der Waals surface area contributed by atoms with E-state index in [2.05, 4.69) is 10.1 Å². The van der Waals surface area contributed by atoms with Gasteiger partial charge in [0.1, 0.15) is 0 Å². The summed E-state index contributed by atoms with van der Waals surface area (Å²) in [4.78, 5) is 15.4. The molecule has 20 heavy (non-hydrogen) atoms. The molecule has 0 saturated heterocycles. The number of furan rings is 1. The Bertz CT molecular complexity index is 773. The third-order valence-corrected chi connectivity index (χ3v) is 2.88. The van der Waals surface area contributed by atoms with E-state index >= 15 is 0 Å². The maximum atomic E-state index is 11.2. The molecule has 0 amide bonds. The molecule has 3 aromatic rings. The van der Waals surface area contributed by atoms with Crippen LogP contribution in [0.5, 0.6) is 0 Å². The van der Waals surface area contributed by atoms with E-state index in [1.54, 1.807) is 24.3 Å². The lowest BCUT2D eigenvalue weighted by molar-refractivity contribution is 0.0697. The SMILES string of the molecule is Cc1ccoc1-c1noc(-c2ccccc2C(=O)O)n1. The van der Waals surface area contributed by atoms with Gasteiger partial charge in [-0.05, 0) is 30.7 Å². The average Bonchev–Trinajstić information content (AvgIpc) is 3.07. The van der Waals surface area contributed by atoms with E-state index in [1.165, 1.54) is 12.3 Å². The van der Waals surface area contributed by atoms with Crippen molar-refractivity contribution < 1.29 is 18.8 Å². The van der Waals surface area contributed by atoms with Gasteiger partial charge in [-0.15, -0.1) is 0 Å². The Kier molecular flexibility index (Phi) is 2.83. The first-order valence-electron chi connectivity index (χ1n) is 5.87. The standard InChI is InChI=1S/C14H10N2O4/c1-8-6-7-19-11(8)12-15-13(20-16-12)9-4-2-3-5-10(9)14(17)18/h2-7H,1H3,(H,17,18). The topological polar surface area (TPSA) is 89.4 Å². The fraction of sp³-hybridized carbons (Fsp3) is 0.0714. The molecule has 100 valence electrons. The van der Waals surface area contributed by atoms with Gasteiger partial charge < -0.3 is 14.0 Å². The minimum Gasteiger partial charge on any atom is -0.478 e. The minimum atomic E-state index is -1.05. The molecule has 3 rings (SSSR count). The number of rotatable bonds is 3. The zero-order valence-electron chi connectivity index (χ0n) is 10.5. The third kappa shape index (κ3) is 1.97. The number of carbonyl (C=O) groups is 1. The second kappa shape index (κ2) is 4.65.